The maximum Gasteiger partial charge on any atom is 0.250 e. The van der Waals surface area contributed by atoms with Gasteiger partial charge in [-0.1, -0.05) is 11.3 Å². The van der Waals surface area contributed by atoms with Crippen LogP contribution in [0.25, 0.3) is 10.2 Å². The van der Waals surface area contributed by atoms with Crippen LogP contribution < -0.4 is 15.2 Å². The summed E-state index contributed by atoms with van der Waals surface area (Å²) in [6, 6.07) is 5.43. The SMILES string of the molecule is COc1ccc2c(c1)sc(CCN)[n+]2[O-].Cl. The van der Waals surface area contributed by atoms with Crippen molar-refractivity contribution in [2.75, 3.05) is 13.7 Å². The second-order valence-corrected chi connectivity index (χ2v) is 4.28. The summed E-state index contributed by atoms with van der Waals surface area (Å²) >= 11 is 1.47. The number of methoxy groups -OCH3 is 1. The molecule has 0 atom stereocenters. The molecule has 1 aromatic heterocycles. The Labute approximate surface area is 104 Å². The topological polar surface area (TPSA) is 62.2 Å². The molecule has 2 N–H and O–H groups in total. The number of hydrogen-bond donors (Lipinski definition) is 1. The summed E-state index contributed by atoms with van der Waals surface area (Å²) in [4.78, 5) is 0. The predicted molar refractivity (Wildman–Crippen MR) is 67.3 cm³/mol. The van der Waals surface area contributed by atoms with Crippen LogP contribution in [0.15, 0.2) is 18.2 Å². The van der Waals surface area contributed by atoms with E-state index in [2.05, 4.69) is 0 Å². The quantitative estimate of drug-likeness (QED) is 0.671. The molecule has 2 aromatic rings. The molecule has 0 saturated heterocycles. The third-order valence-corrected chi connectivity index (χ3v) is 3.35. The second kappa shape index (κ2) is 5.34. The highest BCUT2D eigenvalue weighted by molar-refractivity contribution is 7.18. The lowest BCUT2D eigenvalue weighted by molar-refractivity contribution is -0.580. The zero-order chi connectivity index (χ0) is 10.8. The smallest absolute Gasteiger partial charge is 0.250 e. The van der Waals surface area contributed by atoms with Crippen LogP contribution in [-0.2, 0) is 6.42 Å². The van der Waals surface area contributed by atoms with Gasteiger partial charge in [-0.25, -0.2) is 0 Å². The van der Waals surface area contributed by atoms with Crippen LogP contribution in [0.2, 0.25) is 0 Å². The first-order valence-corrected chi connectivity index (χ1v) is 5.47. The standard InChI is InChI=1S/C10H12N2O2S.ClH/c1-14-7-2-3-8-9(6-7)15-10(4-5-11)12(8)13;/h2-3,6H,4-5,11H2,1H3;1H. The van der Waals surface area contributed by atoms with Crippen LogP contribution in [0.5, 0.6) is 5.75 Å². The number of nitrogens with two attached hydrogens (primary N) is 1. The molecule has 6 heteroatoms. The Kier molecular flexibility index (Phi) is 4.35. The number of thiazole rings is 1. The van der Waals surface area contributed by atoms with E-state index in [0.29, 0.717) is 18.5 Å². The summed E-state index contributed by atoms with van der Waals surface area (Å²) in [5.74, 6) is 0.767. The zero-order valence-electron chi connectivity index (χ0n) is 8.80. The number of benzene rings is 1. The molecule has 0 unspecified atom stereocenters. The fraction of sp³-hybridized carbons (Fsp3) is 0.300. The molecule has 0 amide bonds. The summed E-state index contributed by atoms with van der Waals surface area (Å²) in [7, 11) is 1.61. The van der Waals surface area contributed by atoms with Crippen molar-refractivity contribution < 1.29 is 9.47 Å². The van der Waals surface area contributed by atoms with Gasteiger partial charge in [0.2, 0.25) is 5.52 Å². The van der Waals surface area contributed by atoms with Crippen LogP contribution in [-0.4, -0.2) is 13.7 Å². The van der Waals surface area contributed by atoms with E-state index >= 15 is 0 Å². The molecule has 0 aliphatic rings. The molecule has 4 nitrogen and oxygen atoms in total. The van der Waals surface area contributed by atoms with Gasteiger partial charge in [0.15, 0.2) is 0 Å². The Morgan fingerprint density at radius 3 is 2.88 bits per heavy atom. The summed E-state index contributed by atoms with van der Waals surface area (Å²) < 4.78 is 6.99. The third kappa shape index (κ3) is 2.21. The van der Waals surface area contributed by atoms with E-state index in [-0.39, 0.29) is 12.4 Å². The maximum atomic E-state index is 11.7. The lowest BCUT2D eigenvalue weighted by atomic mass is 10.3. The van der Waals surface area contributed by atoms with Crippen LogP contribution in [0.4, 0.5) is 0 Å². The van der Waals surface area contributed by atoms with Crippen LogP contribution >= 0.6 is 23.7 Å². The Morgan fingerprint density at radius 2 is 2.25 bits per heavy atom. The van der Waals surface area contributed by atoms with E-state index in [1.165, 1.54) is 11.3 Å². The largest absolute Gasteiger partial charge is 0.617 e. The number of ether oxygens (including phenoxy) is 1. The molecular formula is C10H13ClN2O2S. The molecule has 88 valence electrons. The Hall–Kier alpha value is -1.04. The monoisotopic (exact) mass is 260 g/mol. The number of fused-ring (bicyclic) bond motifs is 1. The molecule has 0 aliphatic heterocycles. The number of nitrogens with zero attached hydrogens (tertiary/aromatic N) is 1. The van der Waals surface area contributed by atoms with Gasteiger partial charge in [0.05, 0.1) is 13.5 Å². The molecule has 16 heavy (non-hydrogen) atoms. The minimum atomic E-state index is 0. The van der Waals surface area contributed by atoms with Gasteiger partial charge in [-0.2, -0.15) is 4.73 Å². The van der Waals surface area contributed by atoms with Crippen molar-refractivity contribution in [1.29, 1.82) is 0 Å². The van der Waals surface area contributed by atoms with Crippen molar-refractivity contribution in [3.05, 3.63) is 28.4 Å². The van der Waals surface area contributed by atoms with Gasteiger partial charge in [0.25, 0.3) is 5.01 Å². The normalized spacial score (nSPS) is 10.1. The van der Waals surface area contributed by atoms with E-state index < -0.39 is 0 Å². The van der Waals surface area contributed by atoms with E-state index in [0.717, 1.165) is 20.2 Å². The van der Waals surface area contributed by atoms with Crippen molar-refractivity contribution in [3.63, 3.8) is 0 Å². The lowest BCUT2D eigenvalue weighted by Gasteiger charge is -1.98. The van der Waals surface area contributed by atoms with E-state index in [1.54, 1.807) is 19.2 Å². The molecule has 0 fully saturated rings. The molecule has 1 aromatic carbocycles. The van der Waals surface area contributed by atoms with Gasteiger partial charge in [-0.3, -0.25) is 0 Å². The lowest BCUT2D eigenvalue weighted by Crippen LogP contribution is -2.29. The van der Waals surface area contributed by atoms with Gasteiger partial charge in [0, 0.05) is 18.7 Å². The minimum absolute atomic E-state index is 0. The average molecular weight is 261 g/mol. The molecule has 2 rings (SSSR count). The Morgan fingerprint density at radius 1 is 1.50 bits per heavy atom. The molecule has 1 heterocycles. The molecule has 0 radical (unpaired) electrons. The van der Waals surface area contributed by atoms with Crippen LogP contribution in [0, 0.1) is 5.21 Å². The Balaban J connectivity index is 0.00000128. The number of hydrogen-bond acceptors (Lipinski definition) is 4. The highest BCUT2D eigenvalue weighted by Gasteiger charge is 2.15. The highest BCUT2D eigenvalue weighted by Crippen LogP contribution is 2.24. The Bertz CT molecular complexity index is 487. The predicted octanol–water partition coefficient (Wildman–Crippen LogP) is 1.47. The maximum absolute atomic E-state index is 11.7. The first-order chi connectivity index (χ1) is 7.26. The van der Waals surface area contributed by atoms with E-state index in [1.807, 2.05) is 6.07 Å². The second-order valence-electron chi connectivity index (χ2n) is 3.16. The minimum Gasteiger partial charge on any atom is -0.617 e. The highest BCUT2D eigenvalue weighted by atomic mass is 35.5. The molecule has 0 spiro atoms. The van der Waals surface area contributed by atoms with Crippen molar-refractivity contribution in [3.8, 4) is 5.75 Å². The third-order valence-electron chi connectivity index (χ3n) is 2.20. The number of aromatic nitrogens is 1. The van der Waals surface area contributed by atoms with Gasteiger partial charge in [-0.05, 0) is 6.07 Å². The number of rotatable bonds is 3. The summed E-state index contributed by atoms with van der Waals surface area (Å²) in [5, 5.41) is 12.5. The van der Waals surface area contributed by atoms with Crippen molar-refractivity contribution in [2.24, 2.45) is 5.73 Å². The van der Waals surface area contributed by atoms with Gasteiger partial charge < -0.3 is 15.7 Å². The summed E-state index contributed by atoms with van der Waals surface area (Å²) in [6.07, 6.45) is 0.616. The van der Waals surface area contributed by atoms with Gasteiger partial charge in [0.1, 0.15) is 10.4 Å². The molecule has 0 bridgehead atoms. The first-order valence-electron chi connectivity index (χ1n) is 4.65. The van der Waals surface area contributed by atoms with Crippen molar-refractivity contribution >= 4 is 34.0 Å². The van der Waals surface area contributed by atoms with Gasteiger partial charge in [-0.15, -0.1) is 12.4 Å². The molecule has 0 aliphatic carbocycles. The average Bonchev–Trinajstić information content (AvgIpc) is 2.56. The zero-order valence-corrected chi connectivity index (χ0v) is 10.4. The molecule has 0 saturated carbocycles. The fourth-order valence-corrected chi connectivity index (χ4v) is 2.54. The first kappa shape index (κ1) is 13.0. The van der Waals surface area contributed by atoms with E-state index in [9.17, 15) is 5.21 Å². The van der Waals surface area contributed by atoms with Crippen molar-refractivity contribution in [1.82, 2.24) is 0 Å². The van der Waals surface area contributed by atoms with Crippen molar-refractivity contribution in [2.45, 2.75) is 6.42 Å². The summed E-state index contributed by atoms with van der Waals surface area (Å²) in [6.45, 7) is 0.492. The van der Waals surface area contributed by atoms with Gasteiger partial charge >= 0.3 is 0 Å². The van der Waals surface area contributed by atoms with Crippen LogP contribution in [0.1, 0.15) is 5.01 Å². The molecular weight excluding hydrogens is 248 g/mol. The van der Waals surface area contributed by atoms with E-state index in [4.69, 9.17) is 10.5 Å². The fourth-order valence-electron chi connectivity index (χ4n) is 1.45. The summed E-state index contributed by atoms with van der Waals surface area (Å²) in [5.41, 5.74) is 6.12. The van der Waals surface area contributed by atoms with Crippen LogP contribution in [0.3, 0.4) is 0 Å². The number of halogens is 1.